The number of amides is 2. The number of halogens is 2. The van der Waals surface area contributed by atoms with E-state index in [9.17, 15) is 14.0 Å². The van der Waals surface area contributed by atoms with E-state index in [0.717, 1.165) is 17.4 Å². The summed E-state index contributed by atoms with van der Waals surface area (Å²) in [5.41, 5.74) is 0.274. The van der Waals surface area contributed by atoms with Crippen LogP contribution in [0.2, 0.25) is 5.02 Å². The Balaban J connectivity index is 1.76. The number of benzene rings is 1. The number of carbonyl (C=O) groups excluding carboxylic acids is 2. The number of anilines is 1. The summed E-state index contributed by atoms with van der Waals surface area (Å²) in [7, 11) is 0. The summed E-state index contributed by atoms with van der Waals surface area (Å²) in [6.07, 6.45) is 4.95. The lowest BCUT2D eigenvalue weighted by molar-refractivity contribution is -0.123. The van der Waals surface area contributed by atoms with Gasteiger partial charge >= 0.3 is 0 Å². The van der Waals surface area contributed by atoms with Crippen molar-refractivity contribution in [2.75, 3.05) is 4.90 Å². The van der Waals surface area contributed by atoms with Crippen molar-refractivity contribution in [3.63, 3.8) is 0 Å². The molecule has 2 amide bonds. The minimum Gasteiger partial charge on any atom is -0.274 e. The lowest BCUT2D eigenvalue weighted by Gasteiger charge is -2.17. The van der Waals surface area contributed by atoms with Gasteiger partial charge in [-0.1, -0.05) is 23.8 Å². The second-order valence-corrected chi connectivity index (χ2v) is 6.02. The minimum absolute atomic E-state index is 0.0187. The Morgan fingerprint density at radius 2 is 1.70 bits per heavy atom. The first kappa shape index (κ1) is 12.1. The third-order valence-electron chi connectivity index (χ3n) is 4.63. The maximum absolute atomic E-state index is 13.5. The summed E-state index contributed by atoms with van der Waals surface area (Å²) in [6, 6.07) is 4.03. The number of nitrogens with zero attached hydrogens (tertiary/aromatic N) is 1. The van der Waals surface area contributed by atoms with Gasteiger partial charge in [-0.2, -0.15) is 0 Å². The van der Waals surface area contributed by atoms with Crippen molar-refractivity contribution in [1.82, 2.24) is 0 Å². The highest BCUT2D eigenvalue weighted by molar-refractivity contribution is 6.31. The minimum atomic E-state index is -0.622. The van der Waals surface area contributed by atoms with Crippen LogP contribution in [0, 0.1) is 29.5 Å². The highest BCUT2D eigenvalue weighted by Gasteiger charge is 2.59. The van der Waals surface area contributed by atoms with Gasteiger partial charge in [-0.25, -0.2) is 9.29 Å². The standard InChI is InChI=1S/C15H11ClFNO2/c16-10-4-3-9(6-11(10)17)18-14(19)12-7-1-2-8(5-7)13(12)15(18)20/h1-4,6-8,12-13H,5H2/t7-,8-,12-,13-/m0/s1. The van der Waals surface area contributed by atoms with Crippen LogP contribution in [0.3, 0.4) is 0 Å². The van der Waals surface area contributed by atoms with Crippen molar-refractivity contribution in [3.8, 4) is 0 Å². The van der Waals surface area contributed by atoms with Crippen molar-refractivity contribution in [3.05, 3.63) is 41.2 Å². The van der Waals surface area contributed by atoms with E-state index in [0.29, 0.717) is 0 Å². The normalized spacial score (nSPS) is 34.2. The zero-order chi connectivity index (χ0) is 14.0. The van der Waals surface area contributed by atoms with Gasteiger partial charge in [-0.15, -0.1) is 0 Å². The molecule has 4 rings (SSSR count). The number of fused-ring (bicyclic) bond motifs is 5. The molecule has 1 aliphatic heterocycles. The van der Waals surface area contributed by atoms with Crippen molar-refractivity contribution < 1.29 is 14.0 Å². The molecular formula is C15H11ClFNO2. The molecule has 2 aliphatic carbocycles. The number of imide groups is 1. The van der Waals surface area contributed by atoms with E-state index < -0.39 is 5.82 Å². The number of hydrogen-bond donors (Lipinski definition) is 0. The van der Waals surface area contributed by atoms with E-state index in [1.165, 1.54) is 12.1 Å². The monoisotopic (exact) mass is 291 g/mol. The number of carbonyl (C=O) groups is 2. The Hall–Kier alpha value is -1.68. The summed E-state index contributed by atoms with van der Waals surface area (Å²) in [5.74, 6) is -1.26. The molecule has 2 bridgehead atoms. The second-order valence-electron chi connectivity index (χ2n) is 5.61. The molecule has 1 aromatic rings. The fraction of sp³-hybridized carbons (Fsp3) is 0.333. The van der Waals surface area contributed by atoms with E-state index >= 15 is 0 Å². The molecule has 1 saturated carbocycles. The van der Waals surface area contributed by atoms with Crippen LogP contribution in [0.5, 0.6) is 0 Å². The van der Waals surface area contributed by atoms with Crippen LogP contribution in [0.4, 0.5) is 10.1 Å². The molecular weight excluding hydrogens is 281 g/mol. The Bertz CT molecular complexity index is 642. The van der Waals surface area contributed by atoms with Gasteiger partial charge in [-0.05, 0) is 36.5 Å². The lowest BCUT2D eigenvalue weighted by Crippen LogP contribution is -2.32. The predicted molar refractivity (Wildman–Crippen MR) is 71.6 cm³/mol. The second kappa shape index (κ2) is 3.92. The quantitative estimate of drug-likeness (QED) is 0.589. The summed E-state index contributed by atoms with van der Waals surface area (Å²) < 4.78 is 13.5. The van der Waals surface area contributed by atoms with Crippen LogP contribution >= 0.6 is 11.6 Å². The molecule has 2 fully saturated rings. The van der Waals surface area contributed by atoms with Gasteiger partial charge in [0.05, 0.1) is 22.5 Å². The number of allylic oxidation sites excluding steroid dienone is 2. The fourth-order valence-electron chi connectivity index (χ4n) is 3.78. The molecule has 4 atom stereocenters. The molecule has 1 heterocycles. The summed E-state index contributed by atoms with van der Waals surface area (Å²) in [4.78, 5) is 26.1. The summed E-state index contributed by atoms with van der Waals surface area (Å²) in [6.45, 7) is 0. The van der Waals surface area contributed by atoms with Crippen LogP contribution in [0.25, 0.3) is 0 Å². The van der Waals surface area contributed by atoms with Gasteiger partial charge in [-0.3, -0.25) is 9.59 Å². The molecule has 0 unspecified atom stereocenters. The average Bonchev–Trinajstić information content (AvgIpc) is 3.08. The largest absolute Gasteiger partial charge is 0.274 e. The maximum Gasteiger partial charge on any atom is 0.238 e. The van der Waals surface area contributed by atoms with Gasteiger partial charge in [0.15, 0.2) is 0 Å². The Morgan fingerprint density at radius 3 is 2.25 bits per heavy atom. The lowest BCUT2D eigenvalue weighted by atomic mass is 9.85. The van der Waals surface area contributed by atoms with E-state index in [4.69, 9.17) is 11.6 Å². The predicted octanol–water partition coefficient (Wildman–Crippen LogP) is 2.79. The van der Waals surface area contributed by atoms with E-state index in [1.807, 2.05) is 12.2 Å². The molecule has 0 N–H and O–H groups in total. The van der Waals surface area contributed by atoms with Gasteiger partial charge < -0.3 is 0 Å². The van der Waals surface area contributed by atoms with Crippen LogP contribution in [-0.2, 0) is 9.59 Å². The maximum atomic E-state index is 13.5. The van der Waals surface area contributed by atoms with E-state index in [-0.39, 0.29) is 46.2 Å². The molecule has 1 aromatic carbocycles. The highest BCUT2D eigenvalue weighted by Crippen LogP contribution is 2.53. The van der Waals surface area contributed by atoms with Crippen LogP contribution in [0.1, 0.15) is 6.42 Å². The van der Waals surface area contributed by atoms with Crippen LogP contribution in [-0.4, -0.2) is 11.8 Å². The zero-order valence-electron chi connectivity index (χ0n) is 10.4. The first-order valence-electron chi connectivity index (χ1n) is 6.59. The Morgan fingerprint density at radius 1 is 1.10 bits per heavy atom. The third-order valence-corrected chi connectivity index (χ3v) is 4.94. The molecule has 0 radical (unpaired) electrons. The molecule has 0 aromatic heterocycles. The van der Waals surface area contributed by atoms with Crippen molar-refractivity contribution >= 4 is 29.1 Å². The highest BCUT2D eigenvalue weighted by atomic mass is 35.5. The molecule has 5 heteroatoms. The molecule has 3 nitrogen and oxygen atoms in total. The van der Waals surface area contributed by atoms with Crippen LogP contribution < -0.4 is 4.90 Å². The Labute approximate surface area is 120 Å². The SMILES string of the molecule is O=C1[C@@H]2[C@@H](C(=O)N1c1ccc(Cl)c(F)c1)[C@H]1C=C[C@H]2C1. The Kier molecular flexibility index (Phi) is 2.37. The van der Waals surface area contributed by atoms with Gasteiger partial charge in [0.2, 0.25) is 11.8 Å². The van der Waals surface area contributed by atoms with Gasteiger partial charge in [0, 0.05) is 0 Å². The molecule has 0 spiro atoms. The fourth-order valence-corrected chi connectivity index (χ4v) is 3.90. The first-order chi connectivity index (χ1) is 9.58. The van der Waals surface area contributed by atoms with E-state index in [1.54, 1.807) is 0 Å². The third kappa shape index (κ3) is 1.40. The molecule has 1 saturated heterocycles. The smallest absolute Gasteiger partial charge is 0.238 e. The van der Waals surface area contributed by atoms with Crippen molar-refractivity contribution in [2.45, 2.75) is 6.42 Å². The van der Waals surface area contributed by atoms with Crippen LogP contribution in [0.15, 0.2) is 30.4 Å². The van der Waals surface area contributed by atoms with Crippen molar-refractivity contribution in [2.24, 2.45) is 23.7 Å². The topological polar surface area (TPSA) is 37.4 Å². The number of rotatable bonds is 1. The summed E-state index contributed by atoms with van der Waals surface area (Å²) >= 11 is 5.64. The van der Waals surface area contributed by atoms with Gasteiger partial charge in [0.25, 0.3) is 0 Å². The molecule has 102 valence electrons. The molecule has 20 heavy (non-hydrogen) atoms. The average molecular weight is 292 g/mol. The number of hydrogen-bond acceptors (Lipinski definition) is 2. The van der Waals surface area contributed by atoms with E-state index in [2.05, 4.69) is 0 Å². The zero-order valence-corrected chi connectivity index (χ0v) is 11.2. The summed E-state index contributed by atoms with van der Waals surface area (Å²) in [5, 5.41) is -0.0187. The first-order valence-corrected chi connectivity index (χ1v) is 6.97. The van der Waals surface area contributed by atoms with Crippen molar-refractivity contribution in [1.29, 1.82) is 0 Å². The molecule has 3 aliphatic rings. The van der Waals surface area contributed by atoms with Gasteiger partial charge in [0.1, 0.15) is 5.82 Å².